The minimum absolute atomic E-state index is 0.0668. The maximum Gasteiger partial charge on any atom is 0.293 e. The number of hydrogen-bond donors (Lipinski definition) is 2. The predicted octanol–water partition coefficient (Wildman–Crippen LogP) is 4.67. The lowest BCUT2D eigenvalue weighted by Crippen LogP contribution is -2.62. The van der Waals surface area contributed by atoms with Gasteiger partial charge in [0.2, 0.25) is 0 Å². The van der Waals surface area contributed by atoms with Crippen molar-refractivity contribution in [3.05, 3.63) is 51.6 Å². The minimum atomic E-state index is -3.05. The summed E-state index contributed by atoms with van der Waals surface area (Å²) in [7, 11) is 0. The lowest BCUT2D eigenvalue weighted by atomic mass is 9.74. The lowest BCUT2D eigenvalue weighted by molar-refractivity contribution is -0.134. The Bertz CT molecular complexity index is 1230. The van der Waals surface area contributed by atoms with E-state index in [1.807, 2.05) is 4.57 Å². The van der Waals surface area contributed by atoms with Crippen molar-refractivity contribution in [3.8, 4) is 6.07 Å². The van der Waals surface area contributed by atoms with Crippen LogP contribution in [0.3, 0.4) is 0 Å². The maximum absolute atomic E-state index is 13.6. The first kappa shape index (κ1) is 25.1. The quantitative estimate of drug-likeness (QED) is 0.307. The van der Waals surface area contributed by atoms with Gasteiger partial charge in [0.05, 0.1) is 22.3 Å². The Morgan fingerprint density at radius 1 is 1.34 bits per heavy atom. The lowest BCUT2D eigenvalue weighted by Gasteiger charge is -2.42. The summed E-state index contributed by atoms with van der Waals surface area (Å²) < 4.78 is 48.2. The second kappa shape index (κ2) is 9.21. The summed E-state index contributed by atoms with van der Waals surface area (Å²) in [5, 5.41) is 14.6. The Morgan fingerprint density at radius 3 is 2.66 bits per heavy atom. The molecule has 0 radical (unpaired) electrons. The number of halogens is 4. The molecule has 1 aromatic carbocycles. The van der Waals surface area contributed by atoms with Crippen molar-refractivity contribution < 1.29 is 27.5 Å². The molecule has 2 N–H and O–H groups in total. The van der Waals surface area contributed by atoms with Crippen molar-refractivity contribution in [2.75, 3.05) is 11.9 Å². The summed E-state index contributed by atoms with van der Waals surface area (Å²) in [6, 6.07) is 5.86. The topological polar surface area (TPSA) is 96.2 Å². The minimum Gasteiger partial charge on any atom is -0.355 e. The van der Waals surface area contributed by atoms with Gasteiger partial charge in [-0.1, -0.05) is 11.6 Å². The van der Waals surface area contributed by atoms with Crippen molar-refractivity contribution in [1.82, 2.24) is 9.88 Å². The van der Waals surface area contributed by atoms with E-state index in [0.29, 0.717) is 42.2 Å². The van der Waals surface area contributed by atoms with Crippen molar-refractivity contribution in [3.63, 3.8) is 0 Å². The SMILES string of the molecule is CCOC(Nc1ccc(F)c(Cl)c1)c1c(C)c(C(=O)C(=O)NC2(C#N)CC(F)(F)C2)c2n1CCC2. The first-order valence-corrected chi connectivity index (χ1v) is 11.6. The molecule has 1 unspecified atom stereocenters. The molecule has 1 aromatic heterocycles. The smallest absolute Gasteiger partial charge is 0.293 e. The van der Waals surface area contributed by atoms with E-state index in [1.54, 1.807) is 19.9 Å². The molecular weight excluding hydrogens is 485 g/mol. The molecule has 0 spiro atoms. The number of fused-ring (bicyclic) bond motifs is 1. The van der Waals surface area contributed by atoms with Gasteiger partial charge in [-0.05, 0) is 50.5 Å². The molecule has 1 fully saturated rings. The fourth-order valence-electron chi connectivity index (χ4n) is 4.89. The zero-order valence-electron chi connectivity index (χ0n) is 19.2. The third kappa shape index (κ3) is 4.62. The van der Waals surface area contributed by atoms with Crippen LogP contribution in [0.2, 0.25) is 5.02 Å². The molecule has 1 amide bonds. The summed E-state index contributed by atoms with van der Waals surface area (Å²) in [6.45, 7) is 4.38. The van der Waals surface area contributed by atoms with Gasteiger partial charge in [0.25, 0.3) is 17.6 Å². The number of anilines is 1. The molecule has 1 aliphatic heterocycles. The van der Waals surface area contributed by atoms with Crippen LogP contribution in [-0.2, 0) is 22.5 Å². The third-order valence-corrected chi connectivity index (χ3v) is 6.67. The number of nitriles is 1. The van der Waals surface area contributed by atoms with Gasteiger partial charge in [0, 0.05) is 37.4 Å². The first-order valence-electron chi connectivity index (χ1n) is 11.2. The van der Waals surface area contributed by atoms with Crippen molar-refractivity contribution >= 4 is 29.0 Å². The molecule has 4 rings (SSSR count). The molecule has 1 saturated carbocycles. The number of nitrogens with zero attached hydrogens (tertiary/aromatic N) is 2. The Labute approximate surface area is 205 Å². The number of alkyl halides is 2. The summed E-state index contributed by atoms with van der Waals surface area (Å²) in [5.41, 5.74) is 0.692. The van der Waals surface area contributed by atoms with Gasteiger partial charge in [-0.25, -0.2) is 13.2 Å². The normalized spacial score (nSPS) is 18.2. The summed E-state index contributed by atoms with van der Waals surface area (Å²) in [5.74, 6) is -5.60. The van der Waals surface area contributed by atoms with Crippen LogP contribution in [0.1, 0.15) is 59.7 Å². The Balaban J connectivity index is 1.66. The Hall–Kier alpha value is -3.03. The molecule has 2 aromatic rings. The van der Waals surface area contributed by atoms with Gasteiger partial charge in [0.15, 0.2) is 6.23 Å². The summed E-state index contributed by atoms with van der Waals surface area (Å²) >= 11 is 5.91. The number of benzene rings is 1. The van der Waals surface area contributed by atoms with E-state index in [0.717, 1.165) is 6.42 Å². The van der Waals surface area contributed by atoms with E-state index in [-0.39, 0.29) is 10.6 Å². The zero-order valence-corrected chi connectivity index (χ0v) is 19.9. The summed E-state index contributed by atoms with van der Waals surface area (Å²) in [6.07, 6.45) is -1.12. The number of ether oxygens (including phenoxy) is 1. The summed E-state index contributed by atoms with van der Waals surface area (Å²) in [4.78, 5) is 26.0. The highest BCUT2D eigenvalue weighted by atomic mass is 35.5. The van der Waals surface area contributed by atoms with E-state index in [2.05, 4.69) is 10.6 Å². The van der Waals surface area contributed by atoms with Crippen LogP contribution in [0.25, 0.3) is 0 Å². The van der Waals surface area contributed by atoms with Crippen molar-refractivity contribution in [2.45, 2.75) is 63.8 Å². The van der Waals surface area contributed by atoms with Crippen LogP contribution in [0, 0.1) is 24.1 Å². The maximum atomic E-state index is 13.6. The van der Waals surface area contributed by atoms with Gasteiger partial charge in [-0.2, -0.15) is 5.26 Å². The molecule has 2 aliphatic rings. The first-order chi connectivity index (χ1) is 16.5. The number of hydrogen-bond acceptors (Lipinski definition) is 5. The highest BCUT2D eigenvalue weighted by Gasteiger charge is 2.58. The number of carbonyl (C=O) groups excluding carboxylic acids is 2. The number of nitrogens with one attached hydrogen (secondary N) is 2. The average molecular weight is 509 g/mol. The van der Waals surface area contributed by atoms with Gasteiger partial charge < -0.3 is 19.9 Å². The van der Waals surface area contributed by atoms with Gasteiger partial charge in [-0.15, -0.1) is 0 Å². The number of ketones is 1. The average Bonchev–Trinajstić information content (AvgIpc) is 3.33. The standard InChI is InChI=1S/C24H24ClF3N4O3/c1-3-35-22(30-14-6-7-16(26)15(25)9-14)19-13(2)18(17-5-4-8-32(17)19)20(33)21(34)31-23(12-29)10-24(27,28)11-23/h6-7,9,22,30H,3-5,8,10-11H2,1-2H3,(H,31,34). The van der Waals surface area contributed by atoms with Gasteiger partial charge in [-0.3, -0.25) is 9.59 Å². The third-order valence-electron chi connectivity index (χ3n) is 6.38. The Morgan fingerprint density at radius 2 is 2.06 bits per heavy atom. The van der Waals surface area contributed by atoms with Gasteiger partial charge >= 0.3 is 0 Å². The van der Waals surface area contributed by atoms with Gasteiger partial charge in [0.1, 0.15) is 11.4 Å². The Kier molecular flexibility index (Phi) is 6.60. The van der Waals surface area contributed by atoms with E-state index in [1.165, 1.54) is 18.2 Å². The van der Waals surface area contributed by atoms with Crippen LogP contribution >= 0.6 is 11.6 Å². The molecule has 0 saturated heterocycles. The van der Waals surface area contributed by atoms with Crippen LogP contribution in [0.4, 0.5) is 18.9 Å². The molecule has 35 heavy (non-hydrogen) atoms. The van der Waals surface area contributed by atoms with Crippen LogP contribution in [-0.4, -0.2) is 34.3 Å². The van der Waals surface area contributed by atoms with Crippen LogP contribution < -0.4 is 10.6 Å². The molecule has 11 heteroatoms. The number of aromatic nitrogens is 1. The largest absolute Gasteiger partial charge is 0.355 e. The van der Waals surface area contributed by atoms with Crippen LogP contribution in [0.15, 0.2) is 18.2 Å². The molecule has 186 valence electrons. The molecule has 1 aliphatic carbocycles. The fraction of sp³-hybridized carbons (Fsp3) is 0.458. The van der Waals surface area contributed by atoms with E-state index in [9.17, 15) is 28.0 Å². The number of rotatable bonds is 8. The van der Waals surface area contributed by atoms with Crippen LogP contribution in [0.5, 0.6) is 0 Å². The zero-order chi connectivity index (χ0) is 25.5. The van der Waals surface area contributed by atoms with Crippen molar-refractivity contribution in [1.29, 1.82) is 5.26 Å². The number of carbonyl (C=O) groups is 2. The monoisotopic (exact) mass is 508 g/mol. The molecule has 1 atom stereocenters. The molecule has 7 nitrogen and oxygen atoms in total. The second-order valence-corrected chi connectivity index (χ2v) is 9.29. The number of Topliss-reactive ketones (excluding diaryl/α,β-unsaturated/α-hetero) is 1. The predicted molar refractivity (Wildman–Crippen MR) is 122 cm³/mol. The second-order valence-electron chi connectivity index (χ2n) is 8.88. The highest BCUT2D eigenvalue weighted by Crippen LogP contribution is 2.45. The van der Waals surface area contributed by atoms with E-state index in [4.69, 9.17) is 16.3 Å². The molecule has 0 bridgehead atoms. The molecule has 2 heterocycles. The molecular formula is C24H24ClF3N4O3. The fourth-order valence-corrected chi connectivity index (χ4v) is 5.07. The highest BCUT2D eigenvalue weighted by molar-refractivity contribution is 6.43. The number of amides is 1. The van der Waals surface area contributed by atoms with Crippen molar-refractivity contribution in [2.24, 2.45) is 0 Å². The van der Waals surface area contributed by atoms with E-state index >= 15 is 0 Å². The van der Waals surface area contributed by atoms with E-state index < -0.39 is 48.0 Å².